The van der Waals surface area contributed by atoms with Crippen LogP contribution in [-0.4, -0.2) is 40.0 Å². The smallest absolute Gasteiger partial charge is 0.0811 e. The molecule has 5 atom stereocenters. The minimum atomic E-state index is -0.635. The summed E-state index contributed by atoms with van der Waals surface area (Å²) in [7, 11) is 0. The molecule has 0 radical (unpaired) electrons. The number of ether oxygens (including phenoxy) is 1. The Hall–Kier alpha value is -1.07. The van der Waals surface area contributed by atoms with E-state index in [4.69, 9.17) is 17.0 Å². The Labute approximate surface area is 187 Å². The van der Waals surface area contributed by atoms with Crippen LogP contribution in [-0.2, 0) is 4.74 Å². The molecule has 0 saturated heterocycles. The molecule has 0 spiro atoms. The van der Waals surface area contributed by atoms with Gasteiger partial charge in [-0.3, -0.25) is 0 Å². The Morgan fingerprint density at radius 2 is 2.07 bits per heavy atom. The predicted molar refractivity (Wildman–Crippen MR) is 128 cm³/mol. The maximum absolute atomic E-state index is 10.1. The topological polar surface area (TPSA) is 49.7 Å². The molecule has 0 aromatic carbocycles. The van der Waals surface area contributed by atoms with Crippen LogP contribution in [0, 0.1) is 17.3 Å². The Morgan fingerprint density at radius 1 is 1.33 bits per heavy atom. The molecule has 4 heteroatoms. The second kappa shape index (κ2) is 9.60. The van der Waals surface area contributed by atoms with Crippen LogP contribution in [0.5, 0.6) is 0 Å². The Bertz CT molecular complexity index is 775. The summed E-state index contributed by atoms with van der Waals surface area (Å²) in [5.41, 5.74) is 4.75. The van der Waals surface area contributed by atoms with Gasteiger partial charge >= 0.3 is 0 Å². The van der Waals surface area contributed by atoms with Crippen LogP contribution in [0.3, 0.4) is 0 Å². The molecule has 3 nitrogen and oxygen atoms in total. The molecule has 0 amide bonds. The lowest BCUT2D eigenvalue weighted by atomic mass is 9.63. The molecule has 166 valence electrons. The summed E-state index contributed by atoms with van der Waals surface area (Å²) in [5.74, 6) is 0.866. The van der Waals surface area contributed by atoms with Crippen molar-refractivity contribution in [1.29, 1.82) is 0 Å². The molecular formula is C26H38O3S. The molecule has 2 fully saturated rings. The van der Waals surface area contributed by atoms with Gasteiger partial charge in [0.1, 0.15) is 0 Å². The SMILES string of the molecule is C=C1/C(=C\C=C2/CCC[C@]3(C)C(C(C)OCC(=S)C(C)C)=CC[C@@H]23)C[C@@H](O)C[C@@H]1O. The van der Waals surface area contributed by atoms with E-state index in [0.29, 0.717) is 31.3 Å². The minimum Gasteiger partial charge on any atom is -0.393 e. The minimum absolute atomic E-state index is 0.0813. The van der Waals surface area contributed by atoms with Crippen LogP contribution < -0.4 is 0 Å². The second-order valence-electron chi connectivity index (χ2n) is 9.86. The summed E-state index contributed by atoms with van der Waals surface area (Å²) in [6.07, 6.45) is 11.2. The van der Waals surface area contributed by atoms with Gasteiger partial charge in [0.05, 0.1) is 24.9 Å². The van der Waals surface area contributed by atoms with E-state index in [2.05, 4.69) is 52.5 Å². The molecule has 30 heavy (non-hydrogen) atoms. The number of hydrogen-bond acceptors (Lipinski definition) is 4. The molecule has 0 heterocycles. The number of aliphatic hydroxyl groups is 2. The van der Waals surface area contributed by atoms with E-state index in [0.717, 1.165) is 28.9 Å². The number of allylic oxidation sites excluding steroid dienone is 4. The van der Waals surface area contributed by atoms with E-state index < -0.39 is 12.2 Å². The second-order valence-corrected chi connectivity index (χ2v) is 10.4. The summed E-state index contributed by atoms with van der Waals surface area (Å²) < 4.78 is 6.18. The average molecular weight is 431 g/mol. The summed E-state index contributed by atoms with van der Waals surface area (Å²) in [6.45, 7) is 13.4. The fraction of sp³-hybridized carbons (Fsp3) is 0.654. The zero-order chi connectivity index (χ0) is 22.1. The third-order valence-electron chi connectivity index (χ3n) is 7.43. The van der Waals surface area contributed by atoms with Gasteiger partial charge in [0, 0.05) is 11.3 Å². The number of fused-ring (bicyclic) bond motifs is 1. The van der Waals surface area contributed by atoms with Crippen molar-refractivity contribution in [2.24, 2.45) is 17.3 Å². The highest BCUT2D eigenvalue weighted by molar-refractivity contribution is 7.80. The summed E-state index contributed by atoms with van der Waals surface area (Å²) >= 11 is 5.45. The number of thiocarbonyl (C=S) groups is 1. The molecule has 2 N–H and O–H groups in total. The van der Waals surface area contributed by atoms with Gasteiger partial charge in [-0.15, -0.1) is 0 Å². The monoisotopic (exact) mass is 430 g/mol. The Balaban J connectivity index is 1.73. The van der Waals surface area contributed by atoms with E-state index in [1.807, 2.05) is 0 Å². The van der Waals surface area contributed by atoms with E-state index >= 15 is 0 Å². The zero-order valence-electron chi connectivity index (χ0n) is 19.0. The first kappa shape index (κ1) is 23.6. The molecule has 3 aliphatic carbocycles. The van der Waals surface area contributed by atoms with Crippen molar-refractivity contribution >= 4 is 17.1 Å². The van der Waals surface area contributed by atoms with Gasteiger partial charge < -0.3 is 14.9 Å². The predicted octanol–water partition coefficient (Wildman–Crippen LogP) is 5.48. The molecule has 0 aromatic rings. The van der Waals surface area contributed by atoms with Gasteiger partial charge in [0.15, 0.2) is 0 Å². The first-order chi connectivity index (χ1) is 14.1. The summed E-state index contributed by atoms with van der Waals surface area (Å²) in [4.78, 5) is 0.982. The fourth-order valence-electron chi connectivity index (χ4n) is 5.41. The lowest BCUT2D eigenvalue weighted by Gasteiger charge is -2.42. The van der Waals surface area contributed by atoms with E-state index in [9.17, 15) is 10.2 Å². The highest BCUT2D eigenvalue weighted by Crippen LogP contribution is 2.55. The average Bonchev–Trinajstić information content (AvgIpc) is 3.04. The van der Waals surface area contributed by atoms with Crippen molar-refractivity contribution in [2.45, 2.75) is 84.5 Å². The molecule has 0 aliphatic heterocycles. The Kier molecular flexibility index (Phi) is 7.55. The van der Waals surface area contributed by atoms with E-state index in [-0.39, 0.29) is 11.5 Å². The zero-order valence-corrected chi connectivity index (χ0v) is 19.8. The van der Waals surface area contributed by atoms with Crippen LogP contribution in [0.4, 0.5) is 0 Å². The third kappa shape index (κ3) is 4.88. The van der Waals surface area contributed by atoms with Gasteiger partial charge in [-0.1, -0.05) is 63.4 Å². The molecule has 3 rings (SSSR count). The largest absolute Gasteiger partial charge is 0.393 e. The quantitative estimate of drug-likeness (QED) is 0.433. The van der Waals surface area contributed by atoms with Crippen molar-refractivity contribution in [3.63, 3.8) is 0 Å². The lowest BCUT2D eigenvalue weighted by molar-refractivity contribution is 0.0861. The molecule has 2 saturated carbocycles. The van der Waals surface area contributed by atoms with Crippen LogP contribution in [0.2, 0.25) is 0 Å². The van der Waals surface area contributed by atoms with Crippen molar-refractivity contribution in [3.05, 3.63) is 47.1 Å². The summed E-state index contributed by atoms with van der Waals surface area (Å²) in [5, 5.41) is 20.1. The first-order valence-corrected chi connectivity index (χ1v) is 11.8. The maximum atomic E-state index is 10.1. The van der Waals surface area contributed by atoms with Gasteiger partial charge in [-0.25, -0.2) is 0 Å². The van der Waals surface area contributed by atoms with Gasteiger partial charge in [-0.2, -0.15) is 0 Å². The number of hydrogen-bond donors (Lipinski definition) is 2. The molecule has 1 unspecified atom stereocenters. The van der Waals surface area contributed by atoms with Gasteiger partial charge in [0.25, 0.3) is 0 Å². The van der Waals surface area contributed by atoms with Gasteiger partial charge in [-0.05, 0) is 73.0 Å². The fourth-order valence-corrected chi connectivity index (χ4v) is 5.48. The Morgan fingerprint density at radius 3 is 2.77 bits per heavy atom. The molecule has 0 aromatic heterocycles. The molecular weight excluding hydrogens is 392 g/mol. The molecule has 0 bridgehead atoms. The van der Waals surface area contributed by atoms with Crippen LogP contribution in [0.1, 0.15) is 66.2 Å². The normalized spacial score (nSPS) is 35.6. The third-order valence-corrected chi connectivity index (χ3v) is 8.02. The highest BCUT2D eigenvalue weighted by atomic mass is 32.1. The van der Waals surface area contributed by atoms with Crippen LogP contribution in [0.15, 0.2) is 47.1 Å². The van der Waals surface area contributed by atoms with Gasteiger partial charge in [0.2, 0.25) is 0 Å². The van der Waals surface area contributed by atoms with E-state index in [1.54, 1.807) is 0 Å². The number of aliphatic hydroxyl groups excluding tert-OH is 2. The summed E-state index contributed by atoms with van der Waals surface area (Å²) in [6, 6.07) is 0. The van der Waals surface area contributed by atoms with Crippen molar-refractivity contribution in [2.75, 3.05) is 6.61 Å². The highest BCUT2D eigenvalue weighted by Gasteiger charge is 2.46. The maximum Gasteiger partial charge on any atom is 0.0811 e. The number of rotatable bonds is 6. The lowest BCUT2D eigenvalue weighted by Crippen LogP contribution is -2.35. The van der Waals surface area contributed by atoms with Crippen LogP contribution in [0.25, 0.3) is 0 Å². The first-order valence-electron chi connectivity index (χ1n) is 11.4. The van der Waals surface area contributed by atoms with E-state index in [1.165, 1.54) is 24.0 Å². The van der Waals surface area contributed by atoms with Crippen molar-refractivity contribution in [3.8, 4) is 0 Å². The van der Waals surface area contributed by atoms with Crippen molar-refractivity contribution < 1.29 is 14.9 Å². The standard InChI is InChI=1S/C26H38O3S/c1-16(2)25(30)15-29-18(4)22-10-11-23-19(7-6-12-26(22,23)5)8-9-20-13-21(27)14-24(28)17(20)3/h8-10,16,18,21,23-24,27-28H,3,6-7,11-15H2,1-2,4-5H3/b19-8+,20-9-/t18?,21-,23+,24+,26-/m1/s1. The van der Waals surface area contributed by atoms with Crippen LogP contribution >= 0.6 is 12.2 Å². The van der Waals surface area contributed by atoms with Crippen molar-refractivity contribution in [1.82, 2.24) is 0 Å². The molecule has 3 aliphatic rings.